The third kappa shape index (κ3) is 3.97. The van der Waals surface area contributed by atoms with Crippen molar-refractivity contribution in [2.24, 2.45) is 0 Å². The predicted molar refractivity (Wildman–Crippen MR) is 74.1 cm³/mol. The molecule has 1 aromatic rings. The average Bonchev–Trinajstić information content (AvgIpc) is 2.68. The van der Waals surface area contributed by atoms with E-state index in [9.17, 15) is 14.4 Å². The van der Waals surface area contributed by atoms with Crippen LogP contribution in [-0.4, -0.2) is 28.7 Å². The zero-order valence-electron chi connectivity index (χ0n) is 9.81. The minimum absolute atomic E-state index is 0.119. The Kier molecular flexibility index (Phi) is 4.44. The molecule has 1 unspecified atom stereocenters. The second-order valence-electron chi connectivity index (χ2n) is 3.97. The molecule has 0 aromatic heterocycles. The van der Waals surface area contributed by atoms with E-state index in [-0.39, 0.29) is 29.9 Å². The number of carbonyl (C=O) groups is 3. The standard InChI is InChI=1S/C12H11ClN2O3S/c13-7-1-3-8(4-2-7)14-11(17)6-19-9-5-10(16)15-12(9)18/h1-4,9H,5-6H2,(H,14,17)(H,15,16,18). The summed E-state index contributed by atoms with van der Waals surface area (Å²) in [5.74, 6) is -0.720. The summed E-state index contributed by atoms with van der Waals surface area (Å²) >= 11 is 6.89. The Bertz CT molecular complexity index is 518. The van der Waals surface area contributed by atoms with Crippen LogP contribution < -0.4 is 10.6 Å². The number of nitrogens with one attached hydrogen (secondary N) is 2. The second kappa shape index (κ2) is 6.08. The van der Waals surface area contributed by atoms with Crippen LogP contribution in [0.25, 0.3) is 0 Å². The van der Waals surface area contributed by atoms with Crippen molar-refractivity contribution in [2.75, 3.05) is 11.1 Å². The van der Waals surface area contributed by atoms with E-state index in [1.807, 2.05) is 0 Å². The lowest BCUT2D eigenvalue weighted by Gasteiger charge is -2.07. The van der Waals surface area contributed by atoms with Gasteiger partial charge in [-0.15, -0.1) is 11.8 Å². The van der Waals surface area contributed by atoms with Crippen LogP contribution in [-0.2, 0) is 14.4 Å². The van der Waals surface area contributed by atoms with Crippen LogP contribution in [0.5, 0.6) is 0 Å². The van der Waals surface area contributed by atoms with E-state index in [1.165, 1.54) is 0 Å². The molecule has 3 amide bonds. The van der Waals surface area contributed by atoms with Gasteiger partial charge in [-0.25, -0.2) is 0 Å². The van der Waals surface area contributed by atoms with Gasteiger partial charge in [-0.1, -0.05) is 11.6 Å². The summed E-state index contributed by atoms with van der Waals surface area (Å²) in [7, 11) is 0. The first-order chi connectivity index (χ1) is 9.04. The lowest BCUT2D eigenvalue weighted by Crippen LogP contribution is -2.24. The Labute approximate surface area is 119 Å². The third-order valence-corrected chi connectivity index (χ3v) is 3.93. The quantitative estimate of drug-likeness (QED) is 0.825. The van der Waals surface area contributed by atoms with E-state index in [0.717, 1.165) is 11.8 Å². The summed E-state index contributed by atoms with van der Waals surface area (Å²) in [5, 5.41) is 5.01. The fourth-order valence-electron chi connectivity index (χ4n) is 1.57. The summed E-state index contributed by atoms with van der Waals surface area (Å²) in [4.78, 5) is 33.9. The molecule has 0 aliphatic carbocycles. The van der Waals surface area contributed by atoms with Gasteiger partial charge in [-0.3, -0.25) is 19.7 Å². The van der Waals surface area contributed by atoms with Gasteiger partial charge in [0.25, 0.3) is 0 Å². The van der Waals surface area contributed by atoms with Gasteiger partial charge in [0.15, 0.2) is 0 Å². The Morgan fingerprint density at radius 3 is 2.63 bits per heavy atom. The molecule has 0 bridgehead atoms. The van der Waals surface area contributed by atoms with Crippen LogP contribution in [0.1, 0.15) is 6.42 Å². The van der Waals surface area contributed by atoms with E-state index in [0.29, 0.717) is 10.7 Å². The fourth-order valence-corrected chi connectivity index (χ4v) is 2.60. The Balaban J connectivity index is 1.80. The van der Waals surface area contributed by atoms with Crippen LogP contribution in [0.15, 0.2) is 24.3 Å². The van der Waals surface area contributed by atoms with Gasteiger partial charge in [0.1, 0.15) is 0 Å². The van der Waals surface area contributed by atoms with Crippen LogP contribution in [0.3, 0.4) is 0 Å². The topological polar surface area (TPSA) is 75.3 Å². The highest BCUT2D eigenvalue weighted by Crippen LogP contribution is 2.20. The van der Waals surface area contributed by atoms with Gasteiger partial charge in [0.05, 0.1) is 11.0 Å². The molecule has 2 rings (SSSR count). The first-order valence-corrected chi connectivity index (χ1v) is 6.98. The lowest BCUT2D eigenvalue weighted by atomic mass is 10.3. The molecule has 1 aliphatic heterocycles. The molecule has 19 heavy (non-hydrogen) atoms. The first kappa shape index (κ1) is 13.9. The zero-order chi connectivity index (χ0) is 13.8. The number of benzene rings is 1. The van der Waals surface area contributed by atoms with Crippen molar-refractivity contribution in [3.05, 3.63) is 29.3 Å². The normalized spacial score (nSPS) is 18.3. The largest absolute Gasteiger partial charge is 0.325 e. The molecular formula is C12H11ClN2O3S. The van der Waals surface area contributed by atoms with Crippen LogP contribution in [0, 0.1) is 0 Å². The number of thioether (sulfide) groups is 1. The maximum absolute atomic E-state index is 11.7. The maximum atomic E-state index is 11.7. The fraction of sp³-hybridized carbons (Fsp3) is 0.250. The Hall–Kier alpha value is -1.53. The van der Waals surface area contributed by atoms with Crippen molar-refractivity contribution in [3.63, 3.8) is 0 Å². The molecule has 1 saturated heterocycles. The highest BCUT2D eigenvalue weighted by atomic mass is 35.5. The molecule has 1 aliphatic rings. The summed E-state index contributed by atoms with van der Waals surface area (Å²) in [6.07, 6.45) is 0.137. The number of carbonyl (C=O) groups excluding carboxylic acids is 3. The number of hydrogen-bond donors (Lipinski definition) is 2. The van der Waals surface area contributed by atoms with Gasteiger partial charge in [-0.2, -0.15) is 0 Å². The van der Waals surface area contributed by atoms with Crippen molar-refractivity contribution < 1.29 is 14.4 Å². The van der Waals surface area contributed by atoms with Gasteiger partial charge in [0, 0.05) is 17.1 Å². The van der Waals surface area contributed by atoms with Crippen molar-refractivity contribution in [1.82, 2.24) is 5.32 Å². The first-order valence-electron chi connectivity index (χ1n) is 5.55. The minimum atomic E-state index is -0.469. The summed E-state index contributed by atoms with van der Waals surface area (Å²) < 4.78 is 0. The minimum Gasteiger partial charge on any atom is -0.325 e. The predicted octanol–water partition coefficient (Wildman–Crippen LogP) is 1.43. The molecule has 0 spiro atoms. The molecular weight excluding hydrogens is 288 g/mol. The smallest absolute Gasteiger partial charge is 0.240 e. The number of halogens is 1. The van der Waals surface area contributed by atoms with Crippen molar-refractivity contribution in [3.8, 4) is 0 Å². The summed E-state index contributed by atoms with van der Waals surface area (Å²) in [6.45, 7) is 0. The van der Waals surface area contributed by atoms with Gasteiger partial charge < -0.3 is 5.32 Å². The molecule has 100 valence electrons. The van der Waals surface area contributed by atoms with Gasteiger partial charge >= 0.3 is 0 Å². The highest BCUT2D eigenvalue weighted by Gasteiger charge is 2.31. The maximum Gasteiger partial charge on any atom is 0.240 e. The van der Waals surface area contributed by atoms with Gasteiger partial charge in [0.2, 0.25) is 17.7 Å². The molecule has 0 saturated carbocycles. The van der Waals surface area contributed by atoms with E-state index in [4.69, 9.17) is 11.6 Å². The Morgan fingerprint density at radius 2 is 2.05 bits per heavy atom. The average molecular weight is 299 g/mol. The second-order valence-corrected chi connectivity index (χ2v) is 5.60. The molecule has 7 heteroatoms. The van der Waals surface area contributed by atoms with E-state index in [1.54, 1.807) is 24.3 Å². The van der Waals surface area contributed by atoms with E-state index >= 15 is 0 Å². The molecule has 0 radical (unpaired) electrons. The molecule has 1 fully saturated rings. The number of amides is 3. The van der Waals surface area contributed by atoms with Gasteiger partial charge in [-0.05, 0) is 24.3 Å². The summed E-state index contributed by atoms with van der Waals surface area (Å²) in [5.41, 5.74) is 0.641. The number of rotatable bonds is 4. The van der Waals surface area contributed by atoms with E-state index < -0.39 is 5.25 Å². The molecule has 2 N–H and O–H groups in total. The molecule has 5 nitrogen and oxygen atoms in total. The monoisotopic (exact) mass is 298 g/mol. The van der Waals surface area contributed by atoms with Crippen LogP contribution >= 0.6 is 23.4 Å². The van der Waals surface area contributed by atoms with Crippen molar-refractivity contribution in [1.29, 1.82) is 0 Å². The third-order valence-electron chi connectivity index (χ3n) is 2.47. The molecule has 1 atom stereocenters. The highest BCUT2D eigenvalue weighted by molar-refractivity contribution is 8.01. The SMILES string of the molecule is O=C1CC(SCC(=O)Nc2ccc(Cl)cc2)C(=O)N1. The molecule has 1 aromatic carbocycles. The summed E-state index contributed by atoms with van der Waals surface area (Å²) in [6, 6.07) is 6.73. The number of imide groups is 1. The number of hydrogen-bond acceptors (Lipinski definition) is 4. The van der Waals surface area contributed by atoms with Crippen LogP contribution in [0.2, 0.25) is 5.02 Å². The zero-order valence-corrected chi connectivity index (χ0v) is 11.4. The lowest BCUT2D eigenvalue weighted by molar-refractivity contribution is -0.124. The number of anilines is 1. The Morgan fingerprint density at radius 1 is 1.37 bits per heavy atom. The molecule has 1 heterocycles. The van der Waals surface area contributed by atoms with E-state index in [2.05, 4.69) is 10.6 Å². The van der Waals surface area contributed by atoms with Crippen molar-refractivity contribution in [2.45, 2.75) is 11.7 Å². The van der Waals surface area contributed by atoms with Crippen LogP contribution in [0.4, 0.5) is 5.69 Å². The van der Waals surface area contributed by atoms with Crippen molar-refractivity contribution >= 4 is 46.8 Å².